The van der Waals surface area contributed by atoms with E-state index in [0.717, 1.165) is 47.6 Å². The summed E-state index contributed by atoms with van der Waals surface area (Å²) in [7, 11) is -3.26. The summed E-state index contributed by atoms with van der Waals surface area (Å²) >= 11 is 6.25. The Morgan fingerprint density at radius 1 is 1.17 bits per heavy atom. The molecule has 30 heavy (non-hydrogen) atoms. The molecular formula is C21H30ClN5O2S. The fourth-order valence-electron chi connectivity index (χ4n) is 4.49. The number of nitrogens with two attached hydrogens (primary N) is 1. The maximum Gasteiger partial charge on any atom is 0.211 e. The number of hydrogen-bond donors (Lipinski definition) is 1. The lowest BCUT2D eigenvalue weighted by molar-refractivity contribution is 0.319. The molecule has 0 spiro atoms. The second-order valence-electron chi connectivity index (χ2n) is 8.26. The van der Waals surface area contributed by atoms with E-state index in [0.29, 0.717) is 31.1 Å². The molecule has 0 aliphatic carbocycles. The van der Waals surface area contributed by atoms with E-state index < -0.39 is 10.0 Å². The number of halogens is 1. The topological polar surface area (TPSA) is 84.5 Å². The van der Waals surface area contributed by atoms with Gasteiger partial charge in [0.2, 0.25) is 10.0 Å². The van der Waals surface area contributed by atoms with Crippen LogP contribution in [0.1, 0.15) is 36.1 Å². The number of sulfonamides is 1. The van der Waals surface area contributed by atoms with E-state index in [1.165, 1.54) is 36.5 Å². The van der Waals surface area contributed by atoms with Gasteiger partial charge < -0.3 is 10.6 Å². The van der Waals surface area contributed by atoms with E-state index in [2.05, 4.69) is 9.58 Å². The molecular weight excluding hydrogens is 422 g/mol. The quantitative estimate of drug-likeness (QED) is 0.699. The van der Waals surface area contributed by atoms with Crippen molar-refractivity contribution in [2.75, 3.05) is 32.4 Å². The van der Waals surface area contributed by atoms with E-state index in [9.17, 15) is 8.42 Å². The molecule has 4 rings (SSSR count). The Morgan fingerprint density at radius 3 is 2.63 bits per heavy atom. The van der Waals surface area contributed by atoms with Gasteiger partial charge in [-0.05, 0) is 56.6 Å². The molecule has 0 bridgehead atoms. The van der Waals surface area contributed by atoms with E-state index in [-0.39, 0.29) is 0 Å². The number of hydrogen-bond acceptors (Lipinski definition) is 5. The van der Waals surface area contributed by atoms with Crippen molar-refractivity contribution in [2.24, 2.45) is 5.73 Å². The van der Waals surface area contributed by atoms with Gasteiger partial charge in [-0.3, -0.25) is 4.68 Å². The summed E-state index contributed by atoms with van der Waals surface area (Å²) in [6.07, 6.45) is 5.58. The van der Waals surface area contributed by atoms with E-state index in [4.69, 9.17) is 22.4 Å². The molecule has 2 N–H and O–H groups in total. The van der Waals surface area contributed by atoms with Gasteiger partial charge in [0.15, 0.2) is 0 Å². The molecule has 0 atom stereocenters. The zero-order chi connectivity index (χ0) is 21.3. The first-order valence-corrected chi connectivity index (χ1v) is 12.8. The zero-order valence-electron chi connectivity index (χ0n) is 17.5. The normalized spacial score (nSPS) is 18.1. The summed E-state index contributed by atoms with van der Waals surface area (Å²) in [5.74, 6) is 0. The minimum absolute atomic E-state index is 0.348. The number of nitrogens with zero attached hydrogens (tertiary/aromatic N) is 4. The van der Waals surface area contributed by atoms with Crippen molar-refractivity contribution in [2.45, 2.75) is 45.3 Å². The average Bonchev–Trinajstić information content (AvgIpc) is 3.36. The third-order valence-electron chi connectivity index (χ3n) is 6.15. The van der Waals surface area contributed by atoms with Crippen molar-refractivity contribution in [3.05, 3.63) is 40.0 Å². The summed E-state index contributed by atoms with van der Waals surface area (Å²) in [6.45, 7) is 5.51. The minimum Gasteiger partial charge on any atom is -0.326 e. The van der Waals surface area contributed by atoms with Gasteiger partial charge in [-0.25, -0.2) is 8.42 Å². The third kappa shape index (κ3) is 4.57. The monoisotopic (exact) mass is 451 g/mol. The predicted molar refractivity (Wildman–Crippen MR) is 120 cm³/mol. The van der Waals surface area contributed by atoms with Gasteiger partial charge in [-0.1, -0.05) is 17.7 Å². The highest BCUT2D eigenvalue weighted by atomic mass is 35.5. The fourth-order valence-corrected chi connectivity index (χ4v) is 5.48. The largest absolute Gasteiger partial charge is 0.326 e. The van der Waals surface area contributed by atoms with Crippen LogP contribution in [0.2, 0.25) is 5.02 Å². The lowest BCUT2D eigenvalue weighted by Gasteiger charge is -2.26. The predicted octanol–water partition coefficient (Wildman–Crippen LogP) is 2.47. The highest BCUT2D eigenvalue weighted by molar-refractivity contribution is 7.88. The SMILES string of the molecule is CS(=O)(=O)N1CCc2c(c(-c3ccc(Cl)c(CN)c3)nn2CCCN2CCCC2)C1. The van der Waals surface area contributed by atoms with Crippen LogP contribution in [0.3, 0.4) is 0 Å². The molecule has 0 saturated carbocycles. The van der Waals surface area contributed by atoms with Crippen molar-refractivity contribution in [3.63, 3.8) is 0 Å². The van der Waals surface area contributed by atoms with Crippen LogP contribution < -0.4 is 5.73 Å². The van der Waals surface area contributed by atoms with E-state index >= 15 is 0 Å². The molecule has 1 saturated heterocycles. The first-order chi connectivity index (χ1) is 14.4. The van der Waals surface area contributed by atoms with Crippen LogP contribution in [0.25, 0.3) is 11.3 Å². The van der Waals surface area contributed by atoms with Crippen LogP contribution in [0.15, 0.2) is 18.2 Å². The van der Waals surface area contributed by atoms with Crippen LogP contribution in [0.5, 0.6) is 0 Å². The molecule has 164 valence electrons. The fraction of sp³-hybridized carbons (Fsp3) is 0.571. The maximum atomic E-state index is 12.2. The lowest BCUT2D eigenvalue weighted by Crippen LogP contribution is -2.35. The van der Waals surface area contributed by atoms with Crippen molar-refractivity contribution in [1.82, 2.24) is 19.0 Å². The molecule has 0 amide bonds. The summed E-state index contributed by atoms with van der Waals surface area (Å²) in [6, 6.07) is 5.76. The molecule has 1 aromatic carbocycles. The van der Waals surface area contributed by atoms with Gasteiger partial charge in [0.25, 0.3) is 0 Å². The van der Waals surface area contributed by atoms with Gasteiger partial charge in [-0.15, -0.1) is 0 Å². The molecule has 2 aliphatic heterocycles. The Morgan fingerprint density at radius 2 is 1.93 bits per heavy atom. The molecule has 1 fully saturated rings. The van der Waals surface area contributed by atoms with Crippen LogP contribution >= 0.6 is 11.6 Å². The first-order valence-electron chi connectivity index (χ1n) is 10.6. The van der Waals surface area contributed by atoms with Crippen LogP contribution in [0, 0.1) is 0 Å². The van der Waals surface area contributed by atoms with Crippen molar-refractivity contribution < 1.29 is 8.42 Å². The van der Waals surface area contributed by atoms with Crippen molar-refractivity contribution in [1.29, 1.82) is 0 Å². The first kappa shape index (κ1) is 21.8. The molecule has 2 aromatic rings. The van der Waals surface area contributed by atoms with Gasteiger partial charge in [0.05, 0.1) is 11.9 Å². The minimum atomic E-state index is -3.26. The maximum absolute atomic E-state index is 12.2. The standard InChI is InChI=1S/C21H30ClN5O2S/c1-30(28,29)26-12-7-20-18(15-26)21(16-5-6-19(22)17(13-16)14-23)24-27(20)11-4-10-25-8-2-3-9-25/h5-6,13H,2-4,7-12,14-15,23H2,1H3. The van der Waals surface area contributed by atoms with E-state index in [1.807, 2.05) is 18.2 Å². The number of aryl methyl sites for hydroxylation is 1. The second kappa shape index (κ2) is 8.96. The molecule has 9 heteroatoms. The number of benzene rings is 1. The summed E-state index contributed by atoms with van der Waals surface area (Å²) in [5.41, 5.74) is 10.6. The van der Waals surface area contributed by atoms with Crippen LogP contribution in [-0.4, -0.2) is 59.8 Å². The molecule has 1 aromatic heterocycles. The van der Waals surface area contributed by atoms with Gasteiger partial charge in [-0.2, -0.15) is 9.40 Å². The van der Waals surface area contributed by atoms with Gasteiger partial charge in [0, 0.05) is 54.4 Å². The second-order valence-corrected chi connectivity index (χ2v) is 10.6. The number of aromatic nitrogens is 2. The van der Waals surface area contributed by atoms with Gasteiger partial charge >= 0.3 is 0 Å². The third-order valence-corrected chi connectivity index (χ3v) is 7.77. The molecule has 3 heterocycles. The highest BCUT2D eigenvalue weighted by Crippen LogP contribution is 2.33. The number of rotatable bonds is 7. The zero-order valence-corrected chi connectivity index (χ0v) is 19.1. The molecule has 2 aliphatic rings. The summed E-state index contributed by atoms with van der Waals surface area (Å²) in [5, 5.41) is 5.58. The summed E-state index contributed by atoms with van der Waals surface area (Å²) in [4.78, 5) is 2.51. The van der Waals surface area contributed by atoms with Gasteiger partial charge in [0.1, 0.15) is 0 Å². The Labute approximate surface area is 183 Å². The smallest absolute Gasteiger partial charge is 0.211 e. The number of fused-ring (bicyclic) bond motifs is 1. The number of likely N-dealkylation sites (tertiary alicyclic amines) is 1. The Bertz CT molecular complexity index is 1010. The van der Waals surface area contributed by atoms with E-state index in [1.54, 1.807) is 0 Å². The molecule has 0 radical (unpaired) electrons. The average molecular weight is 452 g/mol. The Balaban J connectivity index is 1.65. The molecule has 0 unspecified atom stereocenters. The molecule has 7 nitrogen and oxygen atoms in total. The van der Waals surface area contributed by atoms with Crippen molar-refractivity contribution >= 4 is 21.6 Å². The highest BCUT2D eigenvalue weighted by Gasteiger charge is 2.29. The summed E-state index contributed by atoms with van der Waals surface area (Å²) < 4.78 is 28.0. The van der Waals surface area contributed by atoms with Crippen LogP contribution in [-0.2, 0) is 36.1 Å². The Kier molecular flexibility index (Phi) is 6.50. The lowest BCUT2D eigenvalue weighted by atomic mass is 10.0. The van der Waals surface area contributed by atoms with Crippen LogP contribution in [0.4, 0.5) is 0 Å². The Hall–Kier alpha value is -1.45. The van der Waals surface area contributed by atoms with Crippen molar-refractivity contribution in [3.8, 4) is 11.3 Å².